The number of hydrogen-bond acceptors (Lipinski definition) is 5. The zero-order valence-corrected chi connectivity index (χ0v) is 21.1. The third-order valence-corrected chi connectivity index (χ3v) is 6.91. The summed E-state index contributed by atoms with van der Waals surface area (Å²) in [6, 6.07) is 14.3. The number of aryl methyl sites for hydroxylation is 1. The first-order valence-corrected chi connectivity index (χ1v) is 12.1. The maximum absolute atomic E-state index is 13.3. The monoisotopic (exact) mass is 479 g/mol. The van der Waals surface area contributed by atoms with Crippen molar-refractivity contribution in [2.75, 3.05) is 13.7 Å². The van der Waals surface area contributed by atoms with Crippen molar-refractivity contribution in [3.8, 4) is 5.75 Å². The van der Waals surface area contributed by atoms with Gasteiger partial charge in [0.15, 0.2) is 6.23 Å². The molecule has 0 radical (unpaired) electrons. The molecule has 1 saturated heterocycles. The Morgan fingerprint density at radius 1 is 1.14 bits per heavy atom. The van der Waals surface area contributed by atoms with E-state index >= 15 is 0 Å². The quantitative estimate of drug-likeness (QED) is 0.349. The minimum absolute atomic E-state index is 0.218. The molecule has 0 spiro atoms. The highest BCUT2D eigenvalue weighted by Crippen LogP contribution is 2.46. The average Bonchev–Trinajstić information content (AvgIpc) is 2.85. The zero-order valence-electron chi connectivity index (χ0n) is 21.1. The number of ether oxygens (including phenoxy) is 2. The van der Waals surface area contributed by atoms with E-state index in [1.165, 1.54) is 4.90 Å². The van der Waals surface area contributed by atoms with Crippen molar-refractivity contribution in [3.05, 3.63) is 77.9 Å². The number of β-lactam (4-membered cyclic amide) rings is 1. The summed E-state index contributed by atoms with van der Waals surface area (Å²) in [6.45, 7) is 10.1. The number of hydrogen-bond donors (Lipinski definition) is 2. The smallest absolute Gasteiger partial charge is 0.327 e. The molecular weight excluding hydrogens is 442 g/mol. The van der Waals surface area contributed by atoms with Crippen LogP contribution in [0.15, 0.2) is 61.2 Å². The van der Waals surface area contributed by atoms with Gasteiger partial charge >= 0.3 is 6.03 Å². The molecule has 2 aromatic carbocycles. The van der Waals surface area contributed by atoms with Crippen LogP contribution in [0, 0.1) is 12.3 Å². The van der Waals surface area contributed by atoms with Crippen LogP contribution in [0.3, 0.4) is 0 Å². The van der Waals surface area contributed by atoms with Crippen molar-refractivity contribution < 1.29 is 19.1 Å². The largest absolute Gasteiger partial charge is 0.469 e. The predicted octanol–water partition coefficient (Wildman–Crippen LogP) is 5.02. The lowest BCUT2D eigenvalue weighted by Crippen LogP contribution is -2.73. The molecule has 0 aliphatic carbocycles. The molecule has 188 valence electrons. The van der Waals surface area contributed by atoms with Gasteiger partial charge < -0.3 is 20.5 Å². The Labute approximate surface area is 208 Å². The van der Waals surface area contributed by atoms with Crippen molar-refractivity contribution in [1.29, 1.82) is 0 Å². The van der Waals surface area contributed by atoms with E-state index in [0.29, 0.717) is 31.6 Å². The van der Waals surface area contributed by atoms with Crippen molar-refractivity contribution >= 4 is 11.9 Å². The highest BCUT2D eigenvalue weighted by Gasteiger charge is 2.63. The van der Waals surface area contributed by atoms with Crippen molar-refractivity contribution in [1.82, 2.24) is 10.2 Å². The Hall–Kier alpha value is -3.16. The van der Waals surface area contributed by atoms with E-state index in [1.54, 1.807) is 13.2 Å². The third-order valence-electron chi connectivity index (χ3n) is 6.91. The lowest BCUT2D eigenvalue weighted by atomic mass is 9.72. The standard InChI is InChI=1S/C28H37N3O4/c1-6-9-24(21-12-10-19(4)11-13-21)30-27(33)31-25(32)28(7-2,8-3)26(31)35-22-16-14-20(15-17-22)23(29)18-34-5/h6,10-17,23-24,26H,1,7-9,18,29H2,2-5H3,(H,30,33)/t23?,24-,26+/m1/s1. The van der Waals surface area contributed by atoms with E-state index in [0.717, 1.165) is 16.7 Å². The van der Waals surface area contributed by atoms with Crippen molar-refractivity contribution in [2.45, 2.75) is 58.3 Å². The van der Waals surface area contributed by atoms with Crippen LogP contribution in [-0.2, 0) is 9.53 Å². The molecule has 1 fully saturated rings. The van der Waals surface area contributed by atoms with E-state index < -0.39 is 17.7 Å². The number of carbonyl (C=O) groups is 2. The second-order valence-corrected chi connectivity index (χ2v) is 9.08. The lowest BCUT2D eigenvalue weighted by molar-refractivity contribution is -0.191. The fraction of sp³-hybridized carbons (Fsp3) is 0.429. The van der Waals surface area contributed by atoms with Crippen LogP contribution in [-0.4, -0.2) is 36.8 Å². The van der Waals surface area contributed by atoms with E-state index in [4.69, 9.17) is 15.2 Å². The maximum atomic E-state index is 13.3. The van der Waals surface area contributed by atoms with E-state index in [1.807, 2.05) is 69.3 Å². The summed E-state index contributed by atoms with van der Waals surface area (Å²) in [6.07, 6.45) is 2.74. The Morgan fingerprint density at radius 2 is 1.74 bits per heavy atom. The first kappa shape index (κ1) is 26.4. The van der Waals surface area contributed by atoms with Crippen LogP contribution in [0.4, 0.5) is 4.79 Å². The number of methoxy groups -OCH3 is 1. The Bertz CT molecular complexity index is 1020. The number of likely N-dealkylation sites (tertiary alicyclic amines) is 1. The normalized spacial score (nSPS) is 18.4. The van der Waals surface area contributed by atoms with Gasteiger partial charge in [-0.2, -0.15) is 0 Å². The molecular formula is C28H37N3O4. The number of nitrogens with zero attached hydrogens (tertiary/aromatic N) is 1. The van der Waals surface area contributed by atoms with Crippen LogP contribution in [0.25, 0.3) is 0 Å². The van der Waals surface area contributed by atoms with Crippen LogP contribution in [0.5, 0.6) is 5.75 Å². The van der Waals surface area contributed by atoms with Gasteiger partial charge in [-0.15, -0.1) is 6.58 Å². The van der Waals surface area contributed by atoms with Crippen LogP contribution < -0.4 is 15.8 Å². The molecule has 2 aromatic rings. The molecule has 3 N–H and O–H groups in total. The van der Waals surface area contributed by atoms with E-state index in [-0.39, 0.29) is 18.0 Å². The number of carbonyl (C=O) groups excluding carboxylic acids is 2. The molecule has 1 aliphatic heterocycles. The molecule has 0 bridgehead atoms. The third kappa shape index (κ3) is 5.41. The van der Waals surface area contributed by atoms with Gasteiger partial charge in [0.1, 0.15) is 11.2 Å². The Kier molecular flexibility index (Phi) is 8.70. The van der Waals surface area contributed by atoms with Gasteiger partial charge in [0, 0.05) is 7.11 Å². The van der Waals surface area contributed by atoms with Gasteiger partial charge in [-0.1, -0.05) is 61.9 Å². The Morgan fingerprint density at radius 3 is 2.29 bits per heavy atom. The lowest BCUT2D eigenvalue weighted by Gasteiger charge is -2.53. The summed E-state index contributed by atoms with van der Waals surface area (Å²) in [5.41, 5.74) is 8.36. The number of benzene rings is 2. The highest BCUT2D eigenvalue weighted by molar-refractivity contribution is 6.03. The number of imide groups is 1. The van der Waals surface area contributed by atoms with Gasteiger partial charge in [-0.3, -0.25) is 4.79 Å². The van der Waals surface area contributed by atoms with Crippen molar-refractivity contribution in [2.24, 2.45) is 11.1 Å². The minimum Gasteiger partial charge on any atom is -0.469 e. The number of nitrogens with one attached hydrogen (secondary N) is 1. The second-order valence-electron chi connectivity index (χ2n) is 9.08. The van der Waals surface area contributed by atoms with Crippen LogP contribution in [0.1, 0.15) is 61.9 Å². The molecule has 3 atom stereocenters. The molecule has 1 aliphatic rings. The topological polar surface area (TPSA) is 93.9 Å². The molecule has 3 amide bonds. The maximum Gasteiger partial charge on any atom is 0.327 e. The number of nitrogens with two attached hydrogens (primary N) is 1. The van der Waals surface area contributed by atoms with Gasteiger partial charge in [-0.05, 0) is 49.4 Å². The molecule has 3 rings (SSSR count). The fourth-order valence-electron chi connectivity index (χ4n) is 4.56. The first-order valence-electron chi connectivity index (χ1n) is 12.1. The number of rotatable bonds is 11. The summed E-state index contributed by atoms with van der Waals surface area (Å²) in [4.78, 5) is 27.8. The SMILES string of the molecule is C=CC[C@@H](NC(=O)N1C(=O)C(CC)(CC)[C@@H]1Oc1ccc(C(N)COC)cc1)c1ccc(C)cc1. The van der Waals surface area contributed by atoms with Gasteiger partial charge in [0.25, 0.3) is 0 Å². The predicted molar refractivity (Wildman–Crippen MR) is 137 cm³/mol. The second kappa shape index (κ2) is 11.5. The van der Waals surface area contributed by atoms with Crippen LogP contribution >= 0.6 is 0 Å². The van der Waals surface area contributed by atoms with E-state index in [2.05, 4.69) is 11.9 Å². The molecule has 1 heterocycles. The van der Waals surface area contributed by atoms with Crippen molar-refractivity contribution in [3.63, 3.8) is 0 Å². The summed E-state index contributed by atoms with van der Waals surface area (Å²) in [5.74, 6) is 0.353. The van der Waals surface area contributed by atoms with Gasteiger partial charge in [-0.25, -0.2) is 9.69 Å². The molecule has 0 saturated carbocycles. The molecule has 0 aromatic heterocycles. The number of urea groups is 1. The van der Waals surface area contributed by atoms with Gasteiger partial charge in [0.2, 0.25) is 5.91 Å². The summed E-state index contributed by atoms with van der Waals surface area (Å²) in [7, 11) is 1.61. The molecule has 1 unspecified atom stereocenters. The molecule has 7 heteroatoms. The molecule has 35 heavy (non-hydrogen) atoms. The van der Waals surface area contributed by atoms with E-state index in [9.17, 15) is 9.59 Å². The summed E-state index contributed by atoms with van der Waals surface area (Å²) in [5, 5.41) is 3.01. The zero-order chi connectivity index (χ0) is 25.6. The first-order chi connectivity index (χ1) is 16.8. The minimum atomic E-state index is -0.750. The Balaban J connectivity index is 1.81. The highest BCUT2D eigenvalue weighted by atomic mass is 16.5. The average molecular weight is 480 g/mol. The van der Waals surface area contributed by atoms with Gasteiger partial charge in [0.05, 0.1) is 18.7 Å². The summed E-state index contributed by atoms with van der Waals surface area (Å²) < 4.78 is 11.4. The fourth-order valence-corrected chi connectivity index (χ4v) is 4.56. The molecule has 7 nitrogen and oxygen atoms in total. The summed E-state index contributed by atoms with van der Waals surface area (Å²) >= 11 is 0. The number of amides is 3. The van der Waals surface area contributed by atoms with Crippen LogP contribution in [0.2, 0.25) is 0 Å².